The first-order valence-electron chi connectivity index (χ1n) is 5.23. The summed E-state index contributed by atoms with van der Waals surface area (Å²) in [6.45, 7) is 2.23. The molecule has 0 aromatic carbocycles. The van der Waals surface area contributed by atoms with Crippen LogP contribution in [0.15, 0.2) is 0 Å². The van der Waals surface area contributed by atoms with Gasteiger partial charge in [-0.25, -0.2) is 0 Å². The summed E-state index contributed by atoms with van der Waals surface area (Å²) in [7, 11) is 1.10. The Morgan fingerprint density at radius 3 is 2.23 bits per heavy atom. The Morgan fingerprint density at radius 1 is 1.23 bits per heavy atom. The zero-order valence-corrected chi connectivity index (χ0v) is 9.83. The molecule has 0 spiro atoms. The van der Waals surface area contributed by atoms with Gasteiger partial charge >= 0.3 is 0 Å². The van der Waals surface area contributed by atoms with Crippen molar-refractivity contribution in [1.29, 1.82) is 0 Å². The van der Waals surface area contributed by atoms with Crippen molar-refractivity contribution in [1.82, 2.24) is 5.32 Å². The van der Waals surface area contributed by atoms with Crippen molar-refractivity contribution in [2.45, 2.75) is 49.7 Å². The van der Waals surface area contributed by atoms with Gasteiger partial charge in [-0.2, -0.15) is 9.21 Å². The predicted octanol–water partition coefficient (Wildman–Crippen LogP) is 2.55. The van der Waals surface area contributed by atoms with Crippen LogP contribution in [0.2, 0.25) is 0 Å². The van der Waals surface area contributed by atoms with E-state index in [2.05, 4.69) is 24.0 Å². The third-order valence-electron chi connectivity index (χ3n) is 3.33. The first-order valence-corrected chi connectivity index (χ1v) is 7.33. The fourth-order valence-corrected chi connectivity index (χ4v) is 4.38. The maximum Gasteiger partial charge on any atom is 0.0403 e. The van der Waals surface area contributed by atoms with Crippen LogP contribution in [0.25, 0.3) is 0 Å². The number of hydrogen-bond acceptors (Lipinski definition) is 1. The molecule has 0 bridgehead atoms. The second-order valence-corrected chi connectivity index (χ2v) is 7.59. The Kier molecular flexibility index (Phi) is 3.87. The topological polar surface area (TPSA) is 12.0 Å². The molecule has 0 aliphatic heterocycles. The van der Waals surface area contributed by atoms with Gasteiger partial charge in [0.15, 0.2) is 0 Å². The molecule has 13 heavy (non-hydrogen) atoms. The molecule has 0 saturated heterocycles. The van der Waals surface area contributed by atoms with Gasteiger partial charge in [0.05, 0.1) is 0 Å². The maximum absolute atomic E-state index is 4.37. The molecule has 0 aromatic rings. The summed E-state index contributed by atoms with van der Waals surface area (Å²) in [5.74, 6) is 8.75. The van der Waals surface area contributed by atoms with Crippen molar-refractivity contribution >= 4 is 20.9 Å². The summed E-state index contributed by atoms with van der Waals surface area (Å²) < 4.78 is 0. The molecule has 0 radical (unpaired) electrons. The molecule has 1 atom stereocenters. The Morgan fingerprint density at radius 2 is 1.77 bits per heavy atom. The van der Waals surface area contributed by atoms with Gasteiger partial charge in [0.1, 0.15) is 0 Å². The van der Waals surface area contributed by atoms with Crippen molar-refractivity contribution in [2.75, 3.05) is 7.05 Å². The molecule has 0 heterocycles. The van der Waals surface area contributed by atoms with E-state index >= 15 is 0 Å². The number of hydrogen-bond donors (Lipinski definition) is 1. The molecular formula is C11H23NS. The standard InChI is InChI=1S/C11H23NS/c1-10(12-2)13(3,4)11-8-6-5-7-9-11/h10-12H,3-9H2,1-2H3. The van der Waals surface area contributed by atoms with Crippen LogP contribution >= 0.6 is 9.21 Å². The van der Waals surface area contributed by atoms with Crippen LogP contribution in [-0.2, 0) is 0 Å². The molecule has 1 nitrogen and oxygen atoms in total. The van der Waals surface area contributed by atoms with Gasteiger partial charge < -0.3 is 5.32 Å². The monoisotopic (exact) mass is 201 g/mol. The molecule has 1 aliphatic rings. The lowest BCUT2D eigenvalue weighted by Crippen LogP contribution is -2.27. The predicted molar refractivity (Wildman–Crippen MR) is 67.2 cm³/mol. The van der Waals surface area contributed by atoms with E-state index in [0.717, 1.165) is 5.25 Å². The van der Waals surface area contributed by atoms with E-state index in [-0.39, 0.29) is 0 Å². The van der Waals surface area contributed by atoms with Gasteiger partial charge in [-0.1, -0.05) is 31.0 Å². The zero-order chi connectivity index (χ0) is 9.90. The summed E-state index contributed by atoms with van der Waals surface area (Å²) in [5.41, 5.74) is 0. The fraction of sp³-hybridized carbons (Fsp3) is 0.818. The Bertz CT molecular complexity index is 235. The van der Waals surface area contributed by atoms with E-state index in [0.29, 0.717) is 5.37 Å². The van der Waals surface area contributed by atoms with Gasteiger partial charge in [0, 0.05) is 5.37 Å². The Hall–Kier alpha value is 0.0500. The van der Waals surface area contributed by atoms with Crippen molar-refractivity contribution in [2.24, 2.45) is 0 Å². The molecule has 0 aromatic heterocycles. The molecule has 1 saturated carbocycles. The number of rotatable bonds is 3. The molecular weight excluding hydrogens is 178 g/mol. The second-order valence-electron chi connectivity index (χ2n) is 4.20. The molecule has 0 amide bonds. The molecule has 2 heteroatoms. The van der Waals surface area contributed by atoms with E-state index in [1.165, 1.54) is 32.1 Å². The van der Waals surface area contributed by atoms with Crippen molar-refractivity contribution in [3.8, 4) is 0 Å². The largest absolute Gasteiger partial charge is 0.309 e. The van der Waals surface area contributed by atoms with Crippen molar-refractivity contribution in [3.63, 3.8) is 0 Å². The van der Waals surface area contributed by atoms with E-state index in [1.807, 2.05) is 7.05 Å². The first kappa shape index (κ1) is 11.1. The summed E-state index contributed by atoms with van der Waals surface area (Å²) in [6.07, 6.45) is 6.91. The second kappa shape index (κ2) is 4.52. The summed E-state index contributed by atoms with van der Waals surface area (Å²) in [5, 5.41) is 4.61. The van der Waals surface area contributed by atoms with Crippen LogP contribution in [0.3, 0.4) is 0 Å². The van der Waals surface area contributed by atoms with Crippen LogP contribution in [-0.4, -0.2) is 29.4 Å². The molecule has 1 N–H and O–H groups in total. The van der Waals surface area contributed by atoms with Crippen LogP contribution in [0.4, 0.5) is 0 Å². The molecule has 1 unspecified atom stereocenters. The van der Waals surface area contributed by atoms with Gasteiger partial charge in [-0.3, -0.25) is 0 Å². The van der Waals surface area contributed by atoms with Gasteiger partial charge in [0.25, 0.3) is 0 Å². The summed E-state index contributed by atoms with van der Waals surface area (Å²) in [6, 6.07) is 0. The minimum absolute atomic E-state index is 0.496. The first-order chi connectivity index (χ1) is 6.09. The zero-order valence-electron chi connectivity index (χ0n) is 9.01. The number of nitrogens with one attached hydrogen (secondary N) is 1. The SMILES string of the molecule is C=S(=C)(C1CCCCC1)C(C)NC. The van der Waals surface area contributed by atoms with E-state index < -0.39 is 9.21 Å². The van der Waals surface area contributed by atoms with Crippen molar-refractivity contribution in [3.05, 3.63) is 0 Å². The van der Waals surface area contributed by atoms with Gasteiger partial charge in [-0.05, 0) is 32.1 Å². The van der Waals surface area contributed by atoms with Crippen LogP contribution in [0, 0.1) is 0 Å². The molecule has 1 fully saturated rings. The highest BCUT2D eigenvalue weighted by Gasteiger charge is 2.21. The molecule has 78 valence electrons. The average Bonchev–Trinajstić information content (AvgIpc) is 2.18. The van der Waals surface area contributed by atoms with Gasteiger partial charge in [-0.15, -0.1) is 0 Å². The minimum Gasteiger partial charge on any atom is -0.309 e. The normalized spacial score (nSPS) is 22.9. The molecule has 1 aliphatic carbocycles. The lowest BCUT2D eigenvalue weighted by molar-refractivity contribution is 0.513. The third kappa shape index (κ3) is 2.50. The van der Waals surface area contributed by atoms with E-state index in [4.69, 9.17) is 0 Å². The van der Waals surface area contributed by atoms with E-state index in [9.17, 15) is 0 Å². The maximum atomic E-state index is 4.37. The minimum atomic E-state index is -0.923. The van der Waals surface area contributed by atoms with E-state index in [1.54, 1.807) is 0 Å². The summed E-state index contributed by atoms with van der Waals surface area (Å²) in [4.78, 5) is 0. The highest BCUT2D eigenvalue weighted by molar-refractivity contribution is 8.28. The van der Waals surface area contributed by atoms with Crippen LogP contribution in [0.1, 0.15) is 39.0 Å². The quantitative estimate of drug-likeness (QED) is 0.692. The lowest BCUT2D eigenvalue weighted by Gasteiger charge is -2.33. The smallest absolute Gasteiger partial charge is 0.0403 e. The average molecular weight is 201 g/mol. The van der Waals surface area contributed by atoms with Crippen LogP contribution in [0.5, 0.6) is 0 Å². The lowest BCUT2D eigenvalue weighted by atomic mass is 10.0. The Balaban J connectivity index is 2.67. The Labute approximate surface area is 83.4 Å². The fourth-order valence-electron chi connectivity index (χ4n) is 2.06. The van der Waals surface area contributed by atoms with Crippen LogP contribution < -0.4 is 5.32 Å². The van der Waals surface area contributed by atoms with Crippen molar-refractivity contribution < 1.29 is 0 Å². The summed E-state index contributed by atoms with van der Waals surface area (Å²) >= 11 is 0. The van der Waals surface area contributed by atoms with Gasteiger partial charge in [0.2, 0.25) is 0 Å². The highest BCUT2D eigenvalue weighted by Crippen LogP contribution is 2.39. The third-order valence-corrected chi connectivity index (χ3v) is 6.77. The molecule has 1 rings (SSSR count). The highest BCUT2D eigenvalue weighted by atomic mass is 32.2.